The highest BCUT2D eigenvalue weighted by atomic mass is 16.1. The molecule has 0 unspecified atom stereocenters. The van der Waals surface area contributed by atoms with Crippen LogP contribution in [0.1, 0.15) is 21.5 Å². The Balaban J connectivity index is 2.24. The monoisotopic (exact) mass is 240 g/mol. The molecule has 1 amide bonds. The zero-order valence-electron chi connectivity index (χ0n) is 10.5. The van der Waals surface area contributed by atoms with E-state index in [-0.39, 0.29) is 5.91 Å². The van der Waals surface area contributed by atoms with E-state index in [0.717, 1.165) is 16.8 Å². The van der Waals surface area contributed by atoms with Crippen molar-refractivity contribution in [2.24, 2.45) is 0 Å². The van der Waals surface area contributed by atoms with Crippen LogP contribution in [0.2, 0.25) is 0 Å². The fourth-order valence-corrected chi connectivity index (χ4v) is 1.81. The van der Waals surface area contributed by atoms with Gasteiger partial charge in [0.15, 0.2) is 0 Å². The van der Waals surface area contributed by atoms with Crippen molar-refractivity contribution in [1.29, 1.82) is 0 Å². The van der Waals surface area contributed by atoms with Crippen LogP contribution in [0.5, 0.6) is 0 Å². The summed E-state index contributed by atoms with van der Waals surface area (Å²) in [5.74, 6) is -0.134. The molecule has 3 nitrogen and oxygen atoms in total. The summed E-state index contributed by atoms with van der Waals surface area (Å²) >= 11 is 0. The van der Waals surface area contributed by atoms with E-state index in [2.05, 4.69) is 5.32 Å². The molecule has 92 valence electrons. The standard InChI is InChI=1S/C15H16N2O/c1-10-4-3-5-13(8-10)17-15(18)14-9-12(16)7-6-11(14)2/h3-9H,16H2,1-2H3,(H,17,18). The lowest BCUT2D eigenvalue weighted by molar-refractivity contribution is 0.102. The Kier molecular flexibility index (Phi) is 3.33. The van der Waals surface area contributed by atoms with Crippen molar-refractivity contribution < 1.29 is 4.79 Å². The van der Waals surface area contributed by atoms with E-state index in [1.165, 1.54) is 0 Å². The average Bonchev–Trinajstić information content (AvgIpc) is 2.32. The number of carbonyl (C=O) groups is 1. The Morgan fingerprint density at radius 3 is 2.61 bits per heavy atom. The first-order valence-corrected chi connectivity index (χ1v) is 5.80. The van der Waals surface area contributed by atoms with Gasteiger partial charge in [-0.3, -0.25) is 4.79 Å². The zero-order valence-corrected chi connectivity index (χ0v) is 10.5. The highest BCUT2D eigenvalue weighted by Crippen LogP contribution is 2.16. The van der Waals surface area contributed by atoms with Gasteiger partial charge in [0.05, 0.1) is 0 Å². The Morgan fingerprint density at radius 1 is 1.11 bits per heavy atom. The van der Waals surface area contributed by atoms with Crippen molar-refractivity contribution in [3.05, 3.63) is 59.2 Å². The summed E-state index contributed by atoms with van der Waals surface area (Å²) in [6, 6.07) is 13.0. The van der Waals surface area contributed by atoms with Gasteiger partial charge in [-0.2, -0.15) is 0 Å². The third kappa shape index (κ3) is 2.69. The maximum Gasteiger partial charge on any atom is 0.256 e. The number of nitrogens with one attached hydrogen (secondary N) is 1. The Bertz CT molecular complexity index is 591. The second-order valence-electron chi connectivity index (χ2n) is 4.40. The number of hydrogen-bond acceptors (Lipinski definition) is 2. The van der Waals surface area contributed by atoms with Gasteiger partial charge in [-0.25, -0.2) is 0 Å². The molecular formula is C15H16N2O. The van der Waals surface area contributed by atoms with E-state index >= 15 is 0 Å². The number of aryl methyl sites for hydroxylation is 2. The smallest absolute Gasteiger partial charge is 0.256 e. The summed E-state index contributed by atoms with van der Waals surface area (Å²) in [6.07, 6.45) is 0. The second-order valence-corrected chi connectivity index (χ2v) is 4.40. The van der Waals surface area contributed by atoms with E-state index in [0.29, 0.717) is 11.3 Å². The van der Waals surface area contributed by atoms with Gasteiger partial charge < -0.3 is 11.1 Å². The van der Waals surface area contributed by atoms with Gasteiger partial charge in [-0.05, 0) is 49.2 Å². The van der Waals surface area contributed by atoms with Crippen LogP contribution in [0, 0.1) is 13.8 Å². The Labute approximate surface area is 107 Å². The molecule has 0 aliphatic heterocycles. The lowest BCUT2D eigenvalue weighted by atomic mass is 10.1. The second kappa shape index (κ2) is 4.92. The molecule has 2 aromatic rings. The summed E-state index contributed by atoms with van der Waals surface area (Å²) in [4.78, 5) is 12.1. The highest BCUT2D eigenvalue weighted by Gasteiger charge is 2.09. The Hall–Kier alpha value is -2.29. The number of nitrogens with two attached hydrogens (primary N) is 1. The number of anilines is 2. The molecule has 0 saturated heterocycles. The average molecular weight is 240 g/mol. The molecule has 0 spiro atoms. The van der Waals surface area contributed by atoms with Gasteiger partial charge in [-0.1, -0.05) is 18.2 Å². The highest BCUT2D eigenvalue weighted by molar-refractivity contribution is 6.05. The third-order valence-corrected chi connectivity index (χ3v) is 2.78. The summed E-state index contributed by atoms with van der Waals surface area (Å²) in [5, 5.41) is 2.87. The number of benzene rings is 2. The summed E-state index contributed by atoms with van der Waals surface area (Å²) in [6.45, 7) is 3.88. The van der Waals surface area contributed by atoms with Crippen LogP contribution in [0.15, 0.2) is 42.5 Å². The van der Waals surface area contributed by atoms with Gasteiger partial charge in [0.25, 0.3) is 5.91 Å². The van der Waals surface area contributed by atoms with E-state index in [4.69, 9.17) is 5.73 Å². The number of rotatable bonds is 2. The molecule has 18 heavy (non-hydrogen) atoms. The predicted octanol–water partition coefficient (Wildman–Crippen LogP) is 3.14. The van der Waals surface area contributed by atoms with Crippen molar-refractivity contribution in [2.45, 2.75) is 13.8 Å². The molecule has 2 aromatic carbocycles. The van der Waals surface area contributed by atoms with Crippen molar-refractivity contribution in [2.75, 3.05) is 11.1 Å². The fourth-order valence-electron chi connectivity index (χ4n) is 1.81. The normalized spacial score (nSPS) is 10.1. The first-order chi connectivity index (χ1) is 8.56. The van der Waals surface area contributed by atoms with Crippen LogP contribution >= 0.6 is 0 Å². The predicted molar refractivity (Wildman–Crippen MR) is 74.7 cm³/mol. The molecule has 0 radical (unpaired) electrons. The van der Waals surface area contributed by atoms with Crippen LogP contribution < -0.4 is 11.1 Å². The van der Waals surface area contributed by atoms with Crippen LogP contribution in [-0.4, -0.2) is 5.91 Å². The maximum atomic E-state index is 12.1. The molecule has 0 aliphatic carbocycles. The van der Waals surface area contributed by atoms with E-state index in [1.54, 1.807) is 12.1 Å². The van der Waals surface area contributed by atoms with Gasteiger partial charge in [0.2, 0.25) is 0 Å². The first-order valence-electron chi connectivity index (χ1n) is 5.80. The van der Waals surface area contributed by atoms with E-state index in [1.807, 2.05) is 44.2 Å². The summed E-state index contributed by atoms with van der Waals surface area (Å²) < 4.78 is 0. The minimum Gasteiger partial charge on any atom is -0.399 e. The first kappa shape index (κ1) is 12.2. The zero-order chi connectivity index (χ0) is 13.1. The molecule has 2 rings (SSSR count). The summed E-state index contributed by atoms with van der Waals surface area (Å²) in [7, 11) is 0. The van der Waals surface area contributed by atoms with E-state index in [9.17, 15) is 4.79 Å². The van der Waals surface area contributed by atoms with Gasteiger partial charge in [0, 0.05) is 16.9 Å². The van der Waals surface area contributed by atoms with Crippen LogP contribution in [0.25, 0.3) is 0 Å². The van der Waals surface area contributed by atoms with Crippen molar-refractivity contribution in [3.8, 4) is 0 Å². The minimum absolute atomic E-state index is 0.134. The van der Waals surface area contributed by atoms with Crippen molar-refractivity contribution in [1.82, 2.24) is 0 Å². The molecule has 0 bridgehead atoms. The van der Waals surface area contributed by atoms with Gasteiger partial charge in [-0.15, -0.1) is 0 Å². The van der Waals surface area contributed by atoms with Crippen LogP contribution in [-0.2, 0) is 0 Å². The van der Waals surface area contributed by atoms with Crippen molar-refractivity contribution in [3.63, 3.8) is 0 Å². The third-order valence-electron chi connectivity index (χ3n) is 2.78. The van der Waals surface area contributed by atoms with Crippen LogP contribution in [0.3, 0.4) is 0 Å². The molecule has 0 fully saturated rings. The minimum atomic E-state index is -0.134. The maximum absolute atomic E-state index is 12.1. The van der Waals surface area contributed by atoms with Crippen molar-refractivity contribution >= 4 is 17.3 Å². The number of nitrogen functional groups attached to an aromatic ring is 1. The molecule has 0 aromatic heterocycles. The van der Waals surface area contributed by atoms with E-state index < -0.39 is 0 Å². The molecule has 0 heterocycles. The molecular weight excluding hydrogens is 224 g/mol. The number of carbonyl (C=O) groups excluding carboxylic acids is 1. The number of hydrogen-bond donors (Lipinski definition) is 2. The Morgan fingerprint density at radius 2 is 1.89 bits per heavy atom. The quantitative estimate of drug-likeness (QED) is 0.792. The molecule has 3 N–H and O–H groups in total. The lowest BCUT2D eigenvalue weighted by Crippen LogP contribution is -2.13. The summed E-state index contributed by atoms with van der Waals surface area (Å²) in [5.41, 5.74) is 9.72. The molecule has 0 atom stereocenters. The fraction of sp³-hybridized carbons (Fsp3) is 0.133. The molecule has 3 heteroatoms. The topological polar surface area (TPSA) is 55.1 Å². The van der Waals surface area contributed by atoms with Gasteiger partial charge in [0.1, 0.15) is 0 Å². The molecule has 0 saturated carbocycles. The number of amides is 1. The van der Waals surface area contributed by atoms with Crippen LogP contribution in [0.4, 0.5) is 11.4 Å². The molecule has 0 aliphatic rings. The largest absolute Gasteiger partial charge is 0.399 e. The van der Waals surface area contributed by atoms with Gasteiger partial charge >= 0.3 is 0 Å². The SMILES string of the molecule is Cc1cccc(NC(=O)c2cc(N)ccc2C)c1. The lowest BCUT2D eigenvalue weighted by Gasteiger charge is -2.09.